The van der Waals surface area contributed by atoms with Gasteiger partial charge in [0.2, 0.25) is 0 Å². The molecule has 0 aliphatic heterocycles. The molecule has 0 saturated carbocycles. The van der Waals surface area contributed by atoms with E-state index in [1.54, 1.807) is 31.1 Å². The van der Waals surface area contributed by atoms with E-state index in [-0.39, 0.29) is 12.4 Å². The van der Waals surface area contributed by atoms with Crippen LogP contribution in [0.3, 0.4) is 0 Å². The molecule has 0 unspecified atom stereocenters. The van der Waals surface area contributed by atoms with Gasteiger partial charge in [-0.05, 0) is 36.4 Å². The summed E-state index contributed by atoms with van der Waals surface area (Å²) in [4.78, 5) is 9.26. The maximum absolute atomic E-state index is 13.5. The lowest BCUT2D eigenvalue weighted by atomic mass is 10.3. The van der Waals surface area contributed by atoms with Crippen molar-refractivity contribution in [2.24, 2.45) is 4.99 Å². The number of halogens is 2. The average Bonchev–Trinajstić information content (AvgIpc) is 2.57. The van der Waals surface area contributed by atoms with E-state index in [0.717, 1.165) is 22.2 Å². The molecule has 23 heavy (non-hydrogen) atoms. The van der Waals surface area contributed by atoms with Crippen molar-refractivity contribution in [2.75, 3.05) is 19.3 Å². The number of nitrogens with zero attached hydrogens (tertiary/aromatic N) is 2. The lowest BCUT2D eigenvalue weighted by Gasteiger charge is -2.11. The Morgan fingerprint density at radius 1 is 1.26 bits per heavy atom. The van der Waals surface area contributed by atoms with Gasteiger partial charge in [-0.2, -0.15) is 0 Å². The summed E-state index contributed by atoms with van der Waals surface area (Å²) in [5, 5.41) is 6.96. The highest BCUT2D eigenvalue weighted by Gasteiger charge is 2.03. The summed E-state index contributed by atoms with van der Waals surface area (Å²) in [6.07, 6.45) is 1.57. The van der Waals surface area contributed by atoms with Crippen molar-refractivity contribution in [3.05, 3.63) is 59.1 Å². The number of benzene rings is 1. The first-order valence-corrected chi connectivity index (χ1v) is 8.47. The van der Waals surface area contributed by atoms with Crippen molar-refractivity contribution in [2.45, 2.75) is 11.4 Å². The molecule has 0 radical (unpaired) electrons. The number of aliphatic imine (C=N–C) groups is 1. The van der Waals surface area contributed by atoms with Gasteiger partial charge in [0.25, 0.3) is 0 Å². The molecule has 1 heterocycles. The van der Waals surface area contributed by atoms with Gasteiger partial charge in [0.15, 0.2) is 5.96 Å². The van der Waals surface area contributed by atoms with Crippen molar-refractivity contribution in [1.82, 2.24) is 15.6 Å². The fourth-order valence-corrected chi connectivity index (χ4v) is 2.70. The summed E-state index contributed by atoms with van der Waals surface area (Å²) in [6, 6.07) is 10.7. The number of nitrogens with one attached hydrogen (secondary N) is 2. The minimum Gasteiger partial charge on any atom is -0.356 e. The minimum absolute atomic E-state index is 0.288. The molecule has 2 N–H and O–H groups in total. The van der Waals surface area contributed by atoms with Gasteiger partial charge in [0.05, 0.1) is 12.2 Å². The van der Waals surface area contributed by atoms with E-state index in [4.69, 9.17) is 11.6 Å². The number of hydrogen-bond acceptors (Lipinski definition) is 3. The molecule has 1 aromatic heterocycles. The lowest BCUT2D eigenvalue weighted by molar-refractivity contribution is 0.593. The smallest absolute Gasteiger partial charge is 0.191 e. The molecular formula is C16H18ClFN4S. The van der Waals surface area contributed by atoms with Crippen LogP contribution in [-0.2, 0) is 6.54 Å². The number of rotatable bonds is 6. The first-order chi connectivity index (χ1) is 11.2. The predicted octanol–water partition coefficient (Wildman–Crippen LogP) is 3.33. The van der Waals surface area contributed by atoms with Gasteiger partial charge < -0.3 is 10.6 Å². The van der Waals surface area contributed by atoms with E-state index in [2.05, 4.69) is 20.6 Å². The van der Waals surface area contributed by atoms with Crippen LogP contribution < -0.4 is 10.6 Å². The van der Waals surface area contributed by atoms with Gasteiger partial charge in [-0.1, -0.05) is 11.6 Å². The Hall–Kier alpha value is -1.79. The Balaban J connectivity index is 1.71. The van der Waals surface area contributed by atoms with E-state index in [1.165, 1.54) is 6.07 Å². The molecule has 2 aromatic rings. The second-order valence-electron chi connectivity index (χ2n) is 4.59. The van der Waals surface area contributed by atoms with E-state index < -0.39 is 0 Å². The second kappa shape index (κ2) is 9.37. The summed E-state index contributed by atoms with van der Waals surface area (Å²) < 4.78 is 13.5. The van der Waals surface area contributed by atoms with E-state index >= 15 is 0 Å². The van der Waals surface area contributed by atoms with Crippen molar-refractivity contribution in [3.8, 4) is 0 Å². The molecule has 0 aliphatic rings. The predicted molar refractivity (Wildman–Crippen MR) is 94.6 cm³/mol. The number of guanidine groups is 1. The van der Waals surface area contributed by atoms with Gasteiger partial charge in [-0.15, -0.1) is 11.8 Å². The molecule has 7 heteroatoms. The molecule has 4 nitrogen and oxygen atoms in total. The standard InChI is InChI=1S/C16H18ClFN4S/c1-19-16(22-11-15-14(18)3-2-8-20-15)21-9-10-23-13-6-4-12(17)5-7-13/h2-8H,9-11H2,1H3,(H2,19,21,22). The van der Waals surface area contributed by atoms with Crippen LogP contribution in [0.2, 0.25) is 5.02 Å². The van der Waals surface area contributed by atoms with E-state index in [0.29, 0.717) is 11.7 Å². The maximum atomic E-state index is 13.5. The third kappa shape index (κ3) is 6.08. The van der Waals surface area contributed by atoms with Crippen molar-refractivity contribution < 1.29 is 4.39 Å². The van der Waals surface area contributed by atoms with Crippen LogP contribution in [-0.4, -0.2) is 30.3 Å². The molecule has 0 amide bonds. The highest BCUT2D eigenvalue weighted by atomic mass is 35.5. The first-order valence-electron chi connectivity index (χ1n) is 7.11. The second-order valence-corrected chi connectivity index (χ2v) is 6.19. The van der Waals surface area contributed by atoms with Crippen molar-refractivity contribution >= 4 is 29.3 Å². The zero-order valence-corrected chi connectivity index (χ0v) is 14.3. The largest absolute Gasteiger partial charge is 0.356 e. The fourth-order valence-electron chi connectivity index (χ4n) is 1.81. The zero-order valence-electron chi connectivity index (χ0n) is 12.7. The van der Waals surface area contributed by atoms with Crippen LogP contribution in [0.25, 0.3) is 0 Å². The van der Waals surface area contributed by atoms with Gasteiger partial charge >= 0.3 is 0 Å². The monoisotopic (exact) mass is 352 g/mol. The van der Waals surface area contributed by atoms with Crippen LogP contribution in [0.15, 0.2) is 52.5 Å². The van der Waals surface area contributed by atoms with E-state index in [1.807, 2.05) is 24.3 Å². The highest BCUT2D eigenvalue weighted by molar-refractivity contribution is 7.99. The number of pyridine rings is 1. The van der Waals surface area contributed by atoms with Crippen molar-refractivity contribution in [3.63, 3.8) is 0 Å². The van der Waals surface area contributed by atoms with Crippen LogP contribution in [0.5, 0.6) is 0 Å². The van der Waals surface area contributed by atoms with Gasteiger partial charge in [0, 0.05) is 35.5 Å². The molecule has 0 fully saturated rings. The Kier molecular flexibility index (Phi) is 7.16. The van der Waals surface area contributed by atoms with Crippen LogP contribution in [0.4, 0.5) is 4.39 Å². The maximum Gasteiger partial charge on any atom is 0.191 e. The Bertz CT molecular complexity index is 649. The molecule has 0 aliphatic carbocycles. The Morgan fingerprint density at radius 3 is 2.74 bits per heavy atom. The zero-order chi connectivity index (χ0) is 16.5. The summed E-state index contributed by atoms with van der Waals surface area (Å²) in [6.45, 7) is 1.02. The van der Waals surface area contributed by atoms with Crippen LogP contribution >= 0.6 is 23.4 Å². The molecule has 0 spiro atoms. The third-order valence-electron chi connectivity index (χ3n) is 2.96. The Morgan fingerprint density at radius 2 is 2.04 bits per heavy atom. The van der Waals surface area contributed by atoms with Gasteiger partial charge in [-0.25, -0.2) is 4.39 Å². The normalized spacial score (nSPS) is 11.3. The summed E-state index contributed by atoms with van der Waals surface area (Å²) >= 11 is 7.57. The average molecular weight is 353 g/mol. The molecule has 0 saturated heterocycles. The molecule has 122 valence electrons. The SMILES string of the molecule is CN=C(NCCSc1ccc(Cl)cc1)NCc1ncccc1F. The van der Waals surface area contributed by atoms with Gasteiger partial charge in [0.1, 0.15) is 5.82 Å². The topological polar surface area (TPSA) is 49.3 Å². The summed E-state index contributed by atoms with van der Waals surface area (Å²) in [5.74, 6) is 1.17. The number of thioether (sulfide) groups is 1. The molecular weight excluding hydrogens is 335 g/mol. The molecule has 2 rings (SSSR count). The van der Waals surface area contributed by atoms with Crippen molar-refractivity contribution in [1.29, 1.82) is 0 Å². The third-order valence-corrected chi connectivity index (χ3v) is 4.22. The molecule has 0 atom stereocenters. The van der Waals surface area contributed by atoms with Gasteiger partial charge in [-0.3, -0.25) is 9.98 Å². The quantitative estimate of drug-likeness (QED) is 0.362. The lowest BCUT2D eigenvalue weighted by Crippen LogP contribution is -2.38. The Labute approximate surface area is 144 Å². The van der Waals surface area contributed by atoms with Crippen LogP contribution in [0.1, 0.15) is 5.69 Å². The molecule has 0 bridgehead atoms. The molecule has 1 aromatic carbocycles. The number of hydrogen-bond donors (Lipinski definition) is 2. The van der Waals surface area contributed by atoms with Crippen LogP contribution in [0, 0.1) is 5.82 Å². The highest BCUT2D eigenvalue weighted by Crippen LogP contribution is 2.19. The minimum atomic E-state index is -0.325. The summed E-state index contributed by atoms with van der Waals surface area (Å²) in [7, 11) is 1.68. The van der Waals surface area contributed by atoms with E-state index in [9.17, 15) is 4.39 Å². The first kappa shape index (κ1) is 17.6. The summed E-state index contributed by atoms with van der Waals surface area (Å²) in [5.41, 5.74) is 0.367. The number of aromatic nitrogens is 1. The fraction of sp³-hybridized carbons (Fsp3) is 0.250.